The fraction of sp³-hybridized carbons (Fsp3) is 0.700. The van der Waals surface area contributed by atoms with Crippen molar-refractivity contribution < 1.29 is 17.6 Å². The van der Waals surface area contributed by atoms with E-state index in [1.165, 1.54) is 12.1 Å². The second-order valence-corrected chi connectivity index (χ2v) is 8.13. The van der Waals surface area contributed by atoms with E-state index in [-0.39, 0.29) is 36.1 Å². The number of piperidine rings is 2. The van der Waals surface area contributed by atoms with Crippen LogP contribution in [0.1, 0.15) is 56.1 Å². The SMILES string of the molecule is CC(C)c1ccc([C@H]2CCN(C3CCN(C)CC3)CC2(F)F)c(F)c1F. The minimum absolute atomic E-state index is 0.150. The molecule has 2 aliphatic heterocycles. The smallest absolute Gasteiger partial charge is 0.267 e. The highest BCUT2D eigenvalue weighted by Crippen LogP contribution is 2.43. The molecule has 0 amide bonds. The van der Waals surface area contributed by atoms with E-state index in [0.29, 0.717) is 6.54 Å². The average molecular weight is 372 g/mol. The Hall–Kier alpha value is -1.14. The molecule has 0 bridgehead atoms. The van der Waals surface area contributed by atoms with Crippen LogP contribution in [0.15, 0.2) is 12.1 Å². The highest BCUT2D eigenvalue weighted by atomic mass is 19.3. The lowest BCUT2D eigenvalue weighted by atomic mass is 9.83. The summed E-state index contributed by atoms with van der Waals surface area (Å²) >= 11 is 0. The van der Waals surface area contributed by atoms with Crippen LogP contribution in [0.4, 0.5) is 17.6 Å². The van der Waals surface area contributed by atoms with Gasteiger partial charge in [-0.05, 0) is 57.4 Å². The Kier molecular flexibility index (Phi) is 5.63. The third kappa shape index (κ3) is 3.77. The van der Waals surface area contributed by atoms with Gasteiger partial charge in [0.15, 0.2) is 11.6 Å². The number of nitrogens with zero attached hydrogens (tertiary/aromatic N) is 2. The first-order chi connectivity index (χ1) is 12.2. The van der Waals surface area contributed by atoms with Gasteiger partial charge in [-0.1, -0.05) is 26.0 Å². The molecule has 0 aromatic heterocycles. The number of benzene rings is 1. The van der Waals surface area contributed by atoms with E-state index < -0.39 is 23.5 Å². The van der Waals surface area contributed by atoms with Crippen molar-refractivity contribution in [3.63, 3.8) is 0 Å². The molecule has 0 aliphatic carbocycles. The molecule has 0 N–H and O–H groups in total. The van der Waals surface area contributed by atoms with Crippen LogP contribution in [0.2, 0.25) is 0 Å². The lowest BCUT2D eigenvalue weighted by Gasteiger charge is -2.44. The van der Waals surface area contributed by atoms with Crippen LogP contribution in [0, 0.1) is 11.6 Å². The fourth-order valence-corrected chi connectivity index (χ4v) is 4.32. The van der Waals surface area contributed by atoms with E-state index in [4.69, 9.17) is 0 Å². The third-order valence-electron chi connectivity index (χ3n) is 5.97. The maximum Gasteiger partial charge on any atom is 0.267 e. The van der Waals surface area contributed by atoms with Crippen LogP contribution >= 0.6 is 0 Å². The quantitative estimate of drug-likeness (QED) is 0.715. The standard InChI is InChI=1S/C20H28F4N2/c1-13(2)15-4-5-16(19(22)18(15)21)17-8-11-26(12-20(17,23)24)14-6-9-25(3)10-7-14/h4-5,13-14,17H,6-12H2,1-3H3/t17-/m1/s1. The number of alkyl halides is 2. The molecule has 2 nitrogen and oxygen atoms in total. The second kappa shape index (κ2) is 7.47. The van der Waals surface area contributed by atoms with Gasteiger partial charge in [0.05, 0.1) is 12.5 Å². The Bertz CT molecular complexity index is 639. The van der Waals surface area contributed by atoms with Gasteiger partial charge in [0.2, 0.25) is 0 Å². The first-order valence-electron chi connectivity index (χ1n) is 9.49. The van der Waals surface area contributed by atoms with E-state index >= 15 is 0 Å². The van der Waals surface area contributed by atoms with Crippen LogP contribution in [0.5, 0.6) is 0 Å². The minimum atomic E-state index is -3.06. The molecule has 0 saturated carbocycles. The molecule has 0 unspecified atom stereocenters. The maximum atomic E-state index is 14.9. The number of hydrogen-bond acceptors (Lipinski definition) is 2. The Morgan fingerprint density at radius 2 is 1.65 bits per heavy atom. The van der Waals surface area contributed by atoms with E-state index in [0.717, 1.165) is 25.9 Å². The van der Waals surface area contributed by atoms with Crippen molar-refractivity contribution in [1.29, 1.82) is 0 Å². The van der Waals surface area contributed by atoms with Crippen molar-refractivity contribution in [2.75, 3.05) is 33.2 Å². The van der Waals surface area contributed by atoms with Crippen molar-refractivity contribution >= 4 is 0 Å². The van der Waals surface area contributed by atoms with E-state index in [9.17, 15) is 17.6 Å². The summed E-state index contributed by atoms with van der Waals surface area (Å²) in [6.45, 7) is 5.46. The summed E-state index contributed by atoms with van der Waals surface area (Å²) in [6.07, 6.45) is 1.91. The van der Waals surface area contributed by atoms with Crippen molar-refractivity contribution in [2.45, 2.75) is 56.9 Å². The topological polar surface area (TPSA) is 6.48 Å². The number of hydrogen-bond donors (Lipinski definition) is 0. The monoisotopic (exact) mass is 372 g/mol. The van der Waals surface area contributed by atoms with Gasteiger partial charge in [-0.25, -0.2) is 17.6 Å². The summed E-state index contributed by atoms with van der Waals surface area (Å²) in [5, 5.41) is 0. The molecule has 1 aromatic carbocycles. The van der Waals surface area contributed by atoms with Gasteiger partial charge in [-0.15, -0.1) is 0 Å². The van der Waals surface area contributed by atoms with Gasteiger partial charge >= 0.3 is 0 Å². The largest absolute Gasteiger partial charge is 0.306 e. The summed E-state index contributed by atoms with van der Waals surface area (Å²) in [6, 6.07) is 2.97. The molecule has 1 aromatic rings. The molecule has 1 atom stereocenters. The molecule has 146 valence electrons. The molecule has 3 rings (SSSR count). The van der Waals surface area contributed by atoms with Crippen LogP contribution in [0.25, 0.3) is 0 Å². The van der Waals surface area contributed by atoms with Crippen LogP contribution in [0.3, 0.4) is 0 Å². The Morgan fingerprint density at radius 1 is 1.00 bits per heavy atom. The summed E-state index contributed by atoms with van der Waals surface area (Å²) in [7, 11) is 2.04. The van der Waals surface area contributed by atoms with Gasteiger partial charge in [0.25, 0.3) is 5.92 Å². The molecule has 2 aliphatic rings. The van der Waals surface area contributed by atoms with Crippen molar-refractivity contribution in [2.24, 2.45) is 0 Å². The van der Waals surface area contributed by atoms with Crippen LogP contribution in [-0.4, -0.2) is 55.0 Å². The van der Waals surface area contributed by atoms with E-state index in [2.05, 4.69) is 4.90 Å². The van der Waals surface area contributed by atoms with Crippen molar-refractivity contribution in [3.8, 4) is 0 Å². The molecule has 6 heteroatoms. The molecule has 2 fully saturated rings. The predicted molar refractivity (Wildman–Crippen MR) is 94.8 cm³/mol. The molecule has 2 heterocycles. The Morgan fingerprint density at radius 3 is 2.23 bits per heavy atom. The molecule has 2 saturated heterocycles. The Balaban J connectivity index is 1.78. The highest BCUT2D eigenvalue weighted by Gasteiger charge is 2.48. The lowest BCUT2D eigenvalue weighted by molar-refractivity contribution is -0.0979. The summed E-state index contributed by atoms with van der Waals surface area (Å²) in [5.41, 5.74) is 0.0539. The van der Waals surface area contributed by atoms with Gasteiger partial charge in [0.1, 0.15) is 0 Å². The van der Waals surface area contributed by atoms with Gasteiger partial charge in [0, 0.05) is 11.6 Å². The number of rotatable bonds is 3. The van der Waals surface area contributed by atoms with Crippen molar-refractivity contribution in [3.05, 3.63) is 34.9 Å². The minimum Gasteiger partial charge on any atom is -0.306 e. The zero-order valence-corrected chi connectivity index (χ0v) is 15.7. The fourth-order valence-electron chi connectivity index (χ4n) is 4.32. The first-order valence-corrected chi connectivity index (χ1v) is 9.49. The normalized spacial score (nSPS) is 25.8. The van der Waals surface area contributed by atoms with Crippen LogP contribution < -0.4 is 0 Å². The molecule has 26 heavy (non-hydrogen) atoms. The summed E-state index contributed by atoms with van der Waals surface area (Å²) < 4.78 is 58.5. The van der Waals surface area contributed by atoms with Crippen molar-refractivity contribution in [1.82, 2.24) is 9.80 Å². The van der Waals surface area contributed by atoms with Gasteiger partial charge in [-0.2, -0.15) is 0 Å². The maximum absolute atomic E-state index is 14.9. The molecule has 0 spiro atoms. The lowest BCUT2D eigenvalue weighted by Crippen LogP contribution is -2.53. The third-order valence-corrected chi connectivity index (χ3v) is 5.97. The number of likely N-dealkylation sites (tertiary alicyclic amines) is 2. The zero-order valence-electron chi connectivity index (χ0n) is 15.7. The highest BCUT2D eigenvalue weighted by molar-refractivity contribution is 5.32. The zero-order chi connectivity index (χ0) is 19.1. The first kappa shape index (κ1) is 19.6. The Labute approximate surface area is 153 Å². The van der Waals surface area contributed by atoms with E-state index in [1.54, 1.807) is 13.8 Å². The second-order valence-electron chi connectivity index (χ2n) is 8.13. The summed E-state index contributed by atoms with van der Waals surface area (Å²) in [5.74, 6) is -6.60. The molecular formula is C20H28F4N2. The predicted octanol–water partition coefficient (Wildman–Crippen LogP) is 4.61. The van der Waals surface area contributed by atoms with Crippen LogP contribution in [-0.2, 0) is 0 Å². The summed E-state index contributed by atoms with van der Waals surface area (Å²) in [4.78, 5) is 4.05. The van der Waals surface area contributed by atoms with Gasteiger partial charge < -0.3 is 4.90 Å². The number of halogens is 4. The average Bonchev–Trinajstić information content (AvgIpc) is 2.57. The molecular weight excluding hydrogens is 344 g/mol. The van der Waals surface area contributed by atoms with Gasteiger partial charge in [-0.3, -0.25) is 4.90 Å². The molecule has 0 radical (unpaired) electrons. The van der Waals surface area contributed by atoms with E-state index in [1.807, 2.05) is 11.9 Å².